The van der Waals surface area contributed by atoms with Crippen LogP contribution < -0.4 is 4.74 Å². The second kappa shape index (κ2) is 7.92. The summed E-state index contributed by atoms with van der Waals surface area (Å²) in [5, 5.41) is 0. The molecule has 0 heterocycles. The van der Waals surface area contributed by atoms with Crippen LogP contribution in [0, 0.1) is 0 Å². The van der Waals surface area contributed by atoms with E-state index in [-0.39, 0.29) is 19.0 Å². The monoisotopic (exact) mass is 264 g/mol. The number of para-hydroxylation sites is 1. The molecule has 0 spiro atoms. The van der Waals surface area contributed by atoms with Crippen LogP contribution >= 0.6 is 0 Å². The van der Waals surface area contributed by atoms with Crippen LogP contribution in [-0.2, 0) is 19.1 Å². The molecule has 1 rings (SSSR count). The van der Waals surface area contributed by atoms with Crippen LogP contribution in [0.1, 0.15) is 13.8 Å². The molecule has 0 fully saturated rings. The maximum Gasteiger partial charge on any atom is 0.374 e. The van der Waals surface area contributed by atoms with Gasteiger partial charge in [-0.2, -0.15) is 0 Å². The standard InChI is InChI=1S/C14H16O5/c1-3-17-13(15)10-12(14(16)18-4-2)19-11-8-6-5-7-9-11/h5-10H,3-4H2,1-2H3/b12-10+. The average Bonchev–Trinajstić information content (AvgIpc) is 2.40. The molecule has 0 aliphatic rings. The zero-order valence-corrected chi connectivity index (χ0v) is 10.9. The summed E-state index contributed by atoms with van der Waals surface area (Å²) in [6.07, 6.45) is 0.981. The second-order valence-corrected chi connectivity index (χ2v) is 3.40. The molecule has 102 valence electrons. The normalized spacial score (nSPS) is 10.7. The molecule has 0 radical (unpaired) electrons. The van der Waals surface area contributed by atoms with Gasteiger partial charge in [0.05, 0.1) is 19.3 Å². The molecular formula is C14H16O5. The number of benzene rings is 1. The summed E-state index contributed by atoms with van der Waals surface area (Å²) in [6.45, 7) is 3.75. The quantitative estimate of drug-likeness (QED) is 0.447. The third-order valence-corrected chi connectivity index (χ3v) is 1.98. The molecule has 0 saturated heterocycles. The van der Waals surface area contributed by atoms with Gasteiger partial charge in [-0.25, -0.2) is 9.59 Å². The van der Waals surface area contributed by atoms with Gasteiger partial charge in [0.15, 0.2) is 0 Å². The molecule has 5 heteroatoms. The van der Waals surface area contributed by atoms with Gasteiger partial charge < -0.3 is 14.2 Å². The van der Waals surface area contributed by atoms with Crippen molar-refractivity contribution in [3.8, 4) is 5.75 Å². The molecule has 0 atom stereocenters. The van der Waals surface area contributed by atoms with Gasteiger partial charge in [-0.3, -0.25) is 0 Å². The van der Waals surface area contributed by atoms with Crippen LogP contribution in [0.5, 0.6) is 5.75 Å². The second-order valence-electron chi connectivity index (χ2n) is 3.40. The lowest BCUT2D eigenvalue weighted by Crippen LogP contribution is -2.15. The maximum absolute atomic E-state index is 11.7. The predicted octanol–water partition coefficient (Wildman–Crippen LogP) is 2.08. The Labute approximate surface area is 111 Å². The van der Waals surface area contributed by atoms with E-state index in [1.807, 2.05) is 6.07 Å². The predicted molar refractivity (Wildman–Crippen MR) is 68.4 cm³/mol. The van der Waals surface area contributed by atoms with Crippen LogP contribution in [-0.4, -0.2) is 25.2 Å². The zero-order chi connectivity index (χ0) is 14.1. The Kier molecular flexibility index (Phi) is 6.15. The Morgan fingerprint density at radius 2 is 1.68 bits per heavy atom. The lowest BCUT2D eigenvalue weighted by atomic mass is 10.3. The number of rotatable bonds is 6. The van der Waals surface area contributed by atoms with Gasteiger partial charge in [0.25, 0.3) is 0 Å². The fourth-order valence-corrected chi connectivity index (χ4v) is 1.24. The molecule has 0 amide bonds. The summed E-state index contributed by atoms with van der Waals surface area (Å²) in [5.41, 5.74) is 0. The molecule has 0 aliphatic heterocycles. The topological polar surface area (TPSA) is 61.8 Å². The fraction of sp³-hybridized carbons (Fsp3) is 0.286. The van der Waals surface area contributed by atoms with E-state index >= 15 is 0 Å². The van der Waals surface area contributed by atoms with Gasteiger partial charge >= 0.3 is 11.9 Å². The van der Waals surface area contributed by atoms with Crippen molar-refractivity contribution in [3.05, 3.63) is 42.2 Å². The molecule has 0 aromatic heterocycles. The molecule has 0 saturated carbocycles. The van der Waals surface area contributed by atoms with Gasteiger partial charge in [0.2, 0.25) is 5.76 Å². The van der Waals surface area contributed by atoms with Gasteiger partial charge in [0, 0.05) is 0 Å². The minimum Gasteiger partial charge on any atom is -0.463 e. The van der Waals surface area contributed by atoms with Crippen molar-refractivity contribution in [2.24, 2.45) is 0 Å². The van der Waals surface area contributed by atoms with Crippen molar-refractivity contribution in [1.29, 1.82) is 0 Å². The molecule has 0 bridgehead atoms. The minimum atomic E-state index is -0.709. The van der Waals surface area contributed by atoms with Crippen molar-refractivity contribution in [1.82, 2.24) is 0 Å². The van der Waals surface area contributed by atoms with Crippen molar-refractivity contribution in [2.45, 2.75) is 13.8 Å². The molecule has 0 unspecified atom stereocenters. The summed E-state index contributed by atoms with van der Waals surface area (Å²) in [4.78, 5) is 23.0. The van der Waals surface area contributed by atoms with E-state index in [4.69, 9.17) is 14.2 Å². The molecule has 1 aromatic rings. The van der Waals surface area contributed by atoms with Crippen molar-refractivity contribution in [2.75, 3.05) is 13.2 Å². The molecule has 1 aromatic carbocycles. The molecule has 19 heavy (non-hydrogen) atoms. The van der Waals surface area contributed by atoms with Crippen molar-refractivity contribution < 1.29 is 23.8 Å². The summed E-state index contributed by atoms with van der Waals surface area (Å²) < 4.78 is 14.9. The Bertz CT molecular complexity index is 450. The number of ether oxygens (including phenoxy) is 3. The Morgan fingerprint density at radius 1 is 1.05 bits per heavy atom. The summed E-state index contributed by atoms with van der Waals surface area (Å²) in [6, 6.07) is 8.65. The fourth-order valence-electron chi connectivity index (χ4n) is 1.24. The summed E-state index contributed by atoms with van der Waals surface area (Å²) in [5.74, 6) is -1.13. The van der Waals surface area contributed by atoms with Crippen LogP contribution in [0.3, 0.4) is 0 Å². The van der Waals surface area contributed by atoms with Crippen LogP contribution in [0.4, 0.5) is 0 Å². The highest BCUT2D eigenvalue weighted by atomic mass is 16.6. The first-order chi connectivity index (χ1) is 9.17. The summed E-state index contributed by atoms with van der Waals surface area (Å²) >= 11 is 0. The third kappa shape index (κ3) is 5.25. The lowest BCUT2D eigenvalue weighted by Gasteiger charge is -2.08. The van der Waals surface area contributed by atoms with E-state index in [1.165, 1.54) is 0 Å². The van der Waals surface area contributed by atoms with Crippen molar-refractivity contribution in [3.63, 3.8) is 0 Å². The highest BCUT2D eigenvalue weighted by Gasteiger charge is 2.16. The van der Waals surface area contributed by atoms with E-state index in [2.05, 4.69) is 0 Å². The minimum absolute atomic E-state index is 0.192. The van der Waals surface area contributed by atoms with Crippen molar-refractivity contribution >= 4 is 11.9 Å². The number of hydrogen-bond donors (Lipinski definition) is 0. The van der Waals surface area contributed by atoms with E-state index in [0.717, 1.165) is 6.08 Å². The molecule has 0 N–H and O–H groups in total. The van der Waals surface area contributed by atoms with Crippen LogP contribution in [0.2, 0.25) is 0 Å². The highest BCUT2D eigenvalue weighted by Crippen LogP contribution is 2.14. The summed E-state index contributed by atoms with van der Waals surface area (Å²) in [7, 11) is 0. The maximum atomic E-state index is 11.7. The first-order valence-electron chi connectivity index (χ1n) is 5.95. The largest absolute Gasteiger partial charge is 0.463 e. The van der Waals surface area contributed by atoms with Gasteiger partial charge in [0.1, 0.15) is 5.75 Å². The van der Waals surface area contributed by atoms with Crippen LogP contribution in [0.15, 0.2) is 42.2 Å². The Morgan fingerprint density at radius 3 is 2.26 bits per heavy atom. The Hall–Kier alpha value is -2.30. The smallest absolute Gasteiger partial charge is 0.374 e. The molecule has 0 aliphatic carbocycles. The first-order valence-corrected chi connectivity index (χ1v) is 5.95. The molecular weight excluding hydrogens is 248 g/mol. The van der Waals surface area contributed by atoms with E-state index in [0.29, 0.717) is 5.75 Å². The number of carbonyl (C=O) groups excluding carboxylic acids is 2. The van der Waals surface area contributed by atoms with E-state index < -0.39 is 11.9 Å². The van der Waals surface area contributed by atoms with Gasteiger partial charge in [-0.15, -0.1) is 0 Å². The number of carbonyl (C=O) groups is 2. The zero-order valence-electron chi connectivity index (χ0n) is 10.9. The lowest BCUT2D eigenvalue weighted by molar-refractivity contribution is -0.143. The number of hydrogen-bond acceptors (Lipinski definition) is 5. The SMILES string of the molecule is CCOC(=O)/C=C(/Oc1ccccc1)C(=O)OCC. The van der Waals surface area contributed by atoms with Gasteiger partial charge in [-0.05, 0) is 26.0 Å². The van der Waals surface area contributed by atoms with Gasteiger partial charge in [-0.1, -0.05) is 18.2 Å². The molecule has 5 nitrogen and oxygen atoms in total. The number of esters is 2. The Balaban J connectivity index is 2.86. The highest BCUT2D eigenvalue weighted by molar-refractivity contribution is 5.95. The first kappa shape index (κ1) is 14.8. The van der Waals surface area contributed by atoms with E-state index in [1.54, 1.807) is 38.1 Å². The van der Waals surface area contributed by atoms with Crippen LogP contribution in [0.25, 0.3) is 0 Å². The third-order valence-electron chi connectivity index (χ3n) is 1.98. The van der Waals surface area contributed by atoms with E-state index in [9.17, 15) is 9.59 Å². The average molecular weight is 264 g/mol.